The van der Waals surface area contributed by atoms with Crippen molar-refractivity contribution < 1.29 is 28.6 Å². The number of aromatic nitrogens is 1. The average molecular weight is 477 g/mol. The Balaban J connectivity index is 1.66. The first-order valence-electron chi connectivity index (χ1n) is 10.5. The van der Waals surface area contributed by atoms with Crippen LogP contribution in [0.5, 0.6) is 11.5 Å². The quantitative estimate of drug-likeness (QED) is 0.371. The zero-order valence-corrected chi connectivity index (χ0v) is 19.2. The highest BCUT2D eigenvalue weighted by Crippen LogP contribution is 2.45. The Morgan fingerprint density at radius 2 is 2.03 bits per heavy atom. The lowest BCUT2D eigenvalue weighted by Crippen LogP contribution is -2.31. The van der Waals surface area contributed by atoms with Crippen LogP contribution < -0.4 is 14.4 Å². The highest BCUT2D eigenvalue weighted by Gasteiger charge is 2.46. The molecule has 9 heteroatoms. The number of aliphatic hydroxyl groups excluding tert-OH is 1. The first-order valence-corrected chi connectivity index (χ1v) is 11.4. The van der Waals surface area contributed by atoms with E-state index in [0.29, 0.717) is 34.3 Å². The summed E-state index contributed by atoms with van der Waals surface area (Å²) in [6, 6.07) is 14.6. The van der Waals surface area contributed by atoms with E-state index in [0.717, 1.165) is 4.70 Å². The topological polar surface area (TPSA) is 102 Å². The molecular formula is C25H20N2O6S. The summed E-state index contributed by atoms with van der Waals surface area (Å²) in [6.45, 7) is 2.42. The van der Waals surface area contributed by atoms with E-state index in [9.17, 15) is 14.7 Å². The van der Waals surface area contributed by atoms with Gasteiger partial charge in [0.05, 0.1) is 41.8 Å². The van der Waals surface area contributed by atoms with E-state index in [2.05, 4.69) is 4.98 Å². The van der Waals surface area contributed by atoms with Gasteiger partial charge in [0.15, 0.2) is 16.7 Å². The first kappa shape index (κ1) is 21.7. The Morgan fingerprint density at radius 1 is 1.18 bits per heavy atom. The maximum Gasteiger partial charge on any atom is 0.296 e. The number of fused-ring (bicyclic) bond motifs is 1. The van der Waals surface area contributed by atoms with Gasteiger partial charge in [0.1, 0.15) is 11.5 Å². The number of rotatable bonds is 7. The summed E-state index contributed by atoms with van der Waals surface area (Å²) < 4.78 is 17.0. The summed E-state index contributed by atoms with van der Waals surface area (Å²) in [5.41, 5.74) is 1.18. The van der Waals surface area contributed by atoms with Crippen molar-refractivity contribution >= 4 is 38.4 Å². The van der Waals surface area contributed by atoms with Crippen LogP contribution in [0.1, 0.15) is 29.1 Å². The number of furan rings is 1. The van der Waals surface area contributed by atoms with Crippen molar-refractivity contribution in [2.24, 2.45) is 0 Å². The molecule has 8 nitrogen and oxygen atoms in total. The number of ether oxygens (including phenoxy) is 2. The molecule has 0 fully saturated rings. The van der Waals surface area contributed by atoms with Gasteiger partial charge in [-0.3, -0.25) is 14.5 Å². The Labute approximate surface area is 198 Å². The molecular weight excluding hydrogens is 456 g/mol. The third-order valence-electron chi connectivity index (χ3n) is 5.47. The fourth-order valence-corrected chi connectivity index (χ4v) is 4.97. The number of thiazole rings is 1. The number of nitrogens with zero attached hydrogens (tertiary/aromatic N) is 2. The van der Waals surface area contributed by atoms with Crippen LogP contribution >= 0.6 is 11.3 Å². The van der Waals surface area contributed by atoms with E-state index in [-0.39, 0.29) is 11.3 Å². The maximum absolute atomic E-state index is 13.3. The minimum Gasteiger partial charge on any atom is -0.503 e. The van der Waals surface area contributed by atoms with E-state index in [4.69, 9.17) is 13.9 Å². The Kier molecular flexibility index (Phi) is 5.54. The lowest BCUT2D eigenvalue weighted by molar-refractivity contribution is -0.117. The van der Waals surface area contributed by atoms with Crippen molar-refractivity contribution in [1.29, 1.82) is 0 Å². The number of Topliss-reactive ketones (excluding diaryl/α,β-unsaturated/α-hetero) is 1. The molecule has 0 spiro atoms. The van der Waals surface area contributed by atoms with Crippen molar-refractivity contribution in [3.63, 3.8) is 0 Å². The number of benzene rings is 2. The van der Waals surface area contributed by atoms with Crippen LogP contribution in [-0.2, 0) is 4.79 Å². The number of hydrogen-bond acceptors (Lipinski definition) is 8. The molecule has 1 aliphatic rings. The van der Waals surface area contributed by atoms with Crippen LogP contribution in [0.3, 0.4) is 0 Å². The van der Waals surface area contributed by atoms with Crippen LogP contribution in [0.2, 0.25) is 0 Å². The third kappa shape index (κ3) is 3.60. The molecule has 0 aliphatic carbocycles. The number of carbonyl (C=O) groups is 2. The van der Waals surface area contributed by atoms with Crippen molar-refractivity contribution in [2.75, 3.05) is 18.6 Å². The molecule has 1 aliphatic heterocycles. The van der Waals surface area contributed by atoms with Crippen LogP contribution in [0.4, 0.5) is 5.13 Å². The molecule has 5 rings (SSSR count). The van der Waals surface area contributed by atoms with Crippen molar-refractivity contribution in [2.45, 2.75) is 13.0 Å². The molecule has 1 amide bonds. The van der Waals surface area contributed by atoms with Crippen LogP contribution in [0.25, 0.3) is 10.2 Å². The number of methoxy groups -OCH3 is 1. The van der Waals surface area contributed by atoms with Gasteiger partial charge in [-0.2, -0.15) is 0 Å². The molecule has 2 aromatic carbocycles. The SMILES string of the molecule is CCOc1ccc2nc(N3C(=O)C(O)=C(C(=O)c4ccco4)[C@H]3c3cccc(OC)c3)sc2c1. The van der Waals surface area contributed by atoms with Gasteiger partial charge in [0.2, 0.25) is 5.78 Å². The second-order valence-corrected chi connectivity index (χ2v) is 8.49. The number of carbonyl (C=O) groups excluding carboxylic acids is 2. The fraction of sp³-hybridized carbons (Fsp3) is 0.160. The lowest BCUT2D eigenvalue weighted by Gasteiger charge is -2.24. The first-order chi connectivity index (χ1) is 16.5. The van der Waals surface area contributed by atoms with Crippen molar-refractivity contribution in [1.82, 2.24) is 4.98 Å². The summed E-state index contributed by atoms with van der Waals surface area (Å²) in [4.78, 5) is 32.6. The van der Waals surface area contributed by atoms with E-state index in [1.165, 1.54) is 35.7 Å². The molecule has 0 radical (unpaired) electrons. The Hall–Kier alpha value is -4.11. The molecule has 3 heterocycles. The smallest absolute Gasteiger partial charge is 0.296 e. The Morgan fingerprint density at radius 3 is 2.76 bits per heavy atom. The Bertz CT molecular complexity index is 1420. The molecule has 172 valence electrons. The molecule has 0 saturated heterocycles. The monoisotopic (exact) mass is 476 g/mol. The van der Waals surface area contributed by atoms with Gasteiger partial charge in [-0.1, -0.05) is 23.5 Å². The lowest BCUT2D eigenvalue weighted by atomic mass is 9.95. The van der Waals surface area contributed by atoms with Gasteiger partial charge >= 0.3 is 0 Å². The molecule has 34 heavy (non-hydrogen) atoms. The van der Waals surface area contributed by atoms with Gasteiger partial charge in [0, 0.05) is 0 Å². The molecule has 4 aromatic rings. The molecule has 1 N–H and O–H groups in total. The van der Waals surface area contributed by atoms with Gasteiger partial charge in [-0.15, -0.1) is 0 Å². The zero-order chi connectivity index (χ0) is 23.8. The number of aliphatic hydroxyl groups is 1. The van der Waals surface area contributed by atoms with Crippen LogP contribution in [0, 0.1) is 0 Å². The molecule has 0 saturated carbocycles. The summed E-state index contributed by atoms with van der Waals surface area (Å²) in [5.74, 6) is -0.667. The standard InChI is InChI=1S/C25H20N2O6S/c1-3-32-16-9-10-17-19(13-16)34-25(26-17)27-21(14-6-4-7-15(12-14)31-2)20(23(29)24(27)30)22(28)18-8-5-11-33-18/h4-13,21,29H,3H2,1-2H3/t21-/m1/s1. The van der Waals surface area contributed by atoms with Gasteiger partial charge in [-0.05, 0) is 55.0 Å². The van der Waals surface area contributed by atoms with E-state index in [1.54, 1.807) is 30.3 Å². The zero-order valence-electron chi connectivity index (χ0n) is 18.3. The van der Waals surface area contributed by atoms with E-state index >= 15 is 0 Å². The molecule has 0 unspecified atom stereocenters. The predicted octanol–water partition coefficient (Wildman–Crippen LogP) is 5.08. The highest BCUT2D eigenvalue weighted by atomic mass is 32.1. The molecule has 1 atom stereocenters. The van der Waals surface area contributed by atoms with E-state index < -0.39 is 23.5 Å². The minimum absolute atomic E-state index is 0.0229. The predicted molar refractivity (Wildman–Crippen MR) is 127 cm³/mol. The molecule has 0 bridgehead atoms. The fourth-order valence-electron chi connectivity index (χ4n) is 3.95. The number of ketones is 1. The summed E-state index contributed by atoms with van der Waals surface area (Å²) in [6.07, 6.45) is 1.36. The third-order valence-corrected chi connectivity index (χ3v) is 6.49. The van der Waals surface area contributed by atoms with Gasteiger partial charge < -0.3 is 19.0 Å². The van der Waals surface area contributed by atoms with Crippen molar-refractivity contribution in [3.05, 3.63) is 83.5 Å². The average Bonchev–Trinajstić information content (AvgIpc) is 3.58. The van der Waals surface area contributed by atoms with Gasteiger partial charge in [-0.25, -0.2) is 4.98 Å². The number of anilines is 1. The highest BCUT2D eigenvalue weighted by molar-refractivity contribution is 7.22. The summed E-state index contributed by atoms with van der Waals surface area (Å²) in [5, 5.41) is 11.2. The second kappa shape index (κ2) is 8.68. The minimum atomic E-state index is -0.924. The van der Waals surface area contributed by atoms with Crippen LogP contribution in [0.15, 0.2) is 76.6 Å². The maximum atomic E-state index is 13.3. The summed E-state index contributed by atoms with van der Waals surface area (Å²) in [7, 11) is 1.53. The number of hydrogen-bond donors (Lipinski definition) is 1. The summed E-state index contributed by atoms with van der Waals surface area (Å²) >= 11 is 1.27. The number of amides is 1. The van der Waals surface area contributed by atoms with E-state index in [1.807, 2.05) is 25.1 Å². The molecule has 2 aromatic heterocycles. The largest absolute Gasteiger partial charge is 0.503 e. The normalized spacial score (nSPS) is 15.9. The van der Waals surface area contributed by atoms with Crippen LogP contribution in [-0.4, -0.2) is 35.5 Å². The second-order valence-electron chi connectivity index (χ2n) is 7.48. The van der Waals surface area contributed by atoms with Gasteiger partial charge in [0.25, 0.3) is 5.91 Å². The van der Waals surface area contributed by atoms with Crippen molar-refractivity contribution in [3.8, 4) is 11.5 Å².